The molecule has 9 nitrogen and oxygen atoms in total. The molecule has 340 valence electrons. The minimum atomic E-state index is 0.381. The van der Waals surface area contributed by atoms with E-state index in [-0.39, 0.29) is 0 Å². The number of hydrogen-bond acceptors (Lipinski definition) is 9. The van der Waals surface area contributed by atoms with Gasteiger partial charge in [-0.25, -0.2) is 0 Å². The van der Waals surface area contributed by atoms with Crippen molar-refractivity contribution >= 4 is 5.69 Å². The molecule has 4 aliphatic carbocycles. The Morgan fingerprint density at radius 2 is 1.48 bits per heavy atom. The lowest BCUT2D eigenvalue weighted by Gasteiger charge is -2.41. The first kappa shape index (κ1) is 42.9. The summed E-state index contributed by atoms with van der Waals surface area (Å²) in [5.74, 6) is 2.61. The lowest BCUT2D eigenvalue weighted by molar-refractivity contribution is 0.124. The van der Waals surface area contributed by atoms with Crippen LogP contribution < -0.4 is 26.6 Å². The van der Waals surface area contributed by atoms with E-state index < -0.39 is 0 Å². The van der Waals surface area contributed by atoms with Gasteiger partial charge in [-0.05, 0) is 152 Å². The molecule has 9 heteroatoms. The summed E-state index contributed by atoms with van der Waals surface area (Å²) in [6, 6.07) is 25.3. The van der Waals surface area contributed by atoms with E-state index in [0.717, 1.165) is 96.5 Å². The molecule has 7 aliphatic rings. The summed E-state index contributed by atoms with van der Waals surface area (Å²) in [5, 5.41) is 11.6. The summed E-state index contributed by atoms with van der Waals surface area (Å²) < 4.78 is 0. The summed E-state index contributed by atoms with van der Waals surface area (Å²) in [6.45, 7) is 11.7. The standard InChI is InChI=1S/C55H75N9/c56-32-43-29-45(43)36-64(52-15-4-10-39-12-6-21-58-54(39)52)37-47-30-40-16-17-41(28-44(40)34-61-47)48-18-19-53(55-49(48)13-7-22-59-55)63(35-38-8-2-1-3-9-38)25-20-46-31-50-42(33-60-46)11-5-14-51(50)62-26-23-57-24-27-62/h5-7,11-14,16-17,21-22,28,38,43,45-48,52-53,57,60-61H,1-4,8-10,15,18-20,23-27,29-37,56H2/t43-,45+,46-,47+,48?,52-,53-/m0/s1. The second kappa shape index (κ2) is 19.6. The molecule has 64 heavy (non-hydrogen) atoms. The molecule has 11 rings (SSSR count). The number of pyridine rings is 2. The lowest BCUT2D eigenvalue weighted by Crippen LogP contribution is -2.47. The third-order valence-electron chi connectivity index (χ3n) is 17.0. The molecular weight excluding hydrogens is 787 g/mol. The minimum Gasteiger partial charge on any atom is -0.369 e. The van der Waals surface area contributed by atoms with Crippen LogP contribution in [0.4, 0.5) is 5.69 Å². The number of rotatable bonds is 14. The molecule has 1 saturated heterocycles. The third-order valence-corrected chi connectivity index (χ3v) is 17.0. The minimum absolute atomic E-state index is 0.381. The Balaban J connectivity index is 0.787. The van der Waals surface area contributed by atoms with Gasteiger partial charge >= 0.3 is 0 Å². The van der Waals surface area contributed by atoms with Crippen molar-refractivity contribution in [2.75, 3.05) is 63.8 Å². The van der Waals surface area contributed by atoms with Gasteiger partial charge in [-0.1, -0.05) is 61.7 Å². The molecule has 0 spiro atoms. The van der Waals surface area contributed by atoms with Gasteiger partial charge in [0.15, 0.2) is 0 Å². The number of benzene rings is 2. The number of anilines is 1. The van der Waals surface area contributed by atoms with Crippen LogP contribution in [0.3, 0.4) is 0 Å². The molecular formula is C55H75N9. The highest BCUT2D eigenvalue weighted by atomic mass is 15.2. The Hall–Kier alpha value is -3.70. The highest BCUT2D eigenvalue weighted by Crippen LogP contribution is 2.45. The van der Waals surface area contributed by atoms with Gasteiger partial charge in [0.25, 0.3) is 0 Å². The molecule has 3 fully saturated rings. The number of nitrogens with one attached hydrogen (secondary N) is 3. The van der Waals surface area contributed by atoms with Crippen molar-refractivity contribution in [2.24, 2.45) is 23.5 Å². The van der Waals surface area contributed by atoms with Crippen molar-refractivity contribution in [3.8, 4) is 0 Å². The summed E-state index contributed by atoms with van der Waals surface area (Å²) in [4.78, 5) is 18.6. The molecule has 2 aromatic carbocycles. The molecule has 3 aliphatic heterocycles. The Morgan fingerprint density at radius 1 is 0.672 bits per heavy atom. The monoisotopic (exact) mass is 862 g/mol. The molecule has 2 saturated carbocycles. The van der Waals surface area contributed by atoms with Gasteiger partial charge in [0.1, 0.15) is 0 Å². The molecule has 0 radical (unpaired) electrons. The predicted molar refractivity (Wildman–Crippen MR) is 260 cm³/mol. The average Bonchev–Trinajstić information content (AvgIpc) is 4.12. The fraction of sp³-hybridized carbons (Fsp3) is 0.600. The maximum absolute atomic E-state index is 6.16. The van der Waals surface area contributed by atoms with E-state index in [2.05, 4.69) is 97.5 Å². The summed E-state index contributed by atoms with van der Waals surface area (Å²) in [7, 11) is 0. The first-order valence-corrected chi connectivity index (χ1v) is 25.9. The fourth-order valence-corrected chi connectivity index (χ4v) is 13.3. The number of aromatic nitrogens is 2. The molecule has 0 bridgehead atoms. The van der Waals surface area contributed by atoms with Crippen molar-refractivity contribution in [1.29, 1.82) is 0 Å². The molecule has 2 aromatic heterocycles. The predicted octanol–water partition coefficient (Wildman–Crippen LogP) is 7.83. The molecule has 7 atom stereocenters. The molecule has 5 heterocycles. The SMILES string of the molecule is NC[C@@H]1C[C@@H]1CN(C[C@H]1Cc2ccc(C3CC[C@H](N(CC[C@H]4Cc5c(cccc5N5CCNCC5)CN4)CC4CCCCC4)c4ncccc43)cc2CN1)[C@H]1CCCc2cccnc21. The maximum atomic E-state index is 6.16. The van der Waals surface area contributed by atoms with Crippen molar-refractivity contribution < 1.29 is 0 Å². The number of aryl methyl sites for hydroxylation is 1. The number of fused-ring (bicyclic) bond motifs is 4. The zero-order chi connectivity index (χ0) is 42.8. The first-order chi connectivity index (χ1) is 31.6. The highest BCUT2D eigenvalue weighted by Gasteiger charge is 2.41. The first-order valence-electron chi connectivity index (χ1n) is 25.9. The van der Waals surface area contributed by atoms with Crippen LogP contribution in [0.5, 0.6) is 0 Å². The van der Waals surface area contributed by atoms with Crippen LogP contribution in [0.2, 0.25) is 0 Å². The average molecular weight is 862 g/mol. The zero-order valence-corrected chi connectivity index (χ0v) is 38.5. The van der Waals surface area contributed by atoms with Gasteiger partial charge in [0.2, 0.25) is 0 Å². The number of piperazine rings is 1. The number of hydrogen-bond donors (Lipinski definition) is 4. The van der Waals surface area contributed by atoms with E-state index in [1.54, 1.807) is 5.56 Å². The highest BCUT2D eigenvalue weighted by molar-refractivity contribution is 5.58. The van der Waals surface area contributed by atoms with E-state index in [0.29, 0.717) is 36.0 Å². The van der Waals surface area contributed by atoms with Crippen molar-refractivity contribution in [1.82, 2.24) is 35.7 Å². The van der Waals surface area contributed by atoms with Crippen LogP contribution in [0.25, 0.3) is 0 Å². The molecule has 0 amide bonds. The summed E-state index contributed by atoms with van der Waals surface area (Å²) in [5.41, 5.74) is 20.8. The lowest BCUT2D eigenvalue weighted by atomic mass is 9.77. The fourth-order valence-electron chi connectivity index (χ4n) is 13.3. The van der Waals surface area contributed by atoms with Crippen LogP contribution in [0.1, 0.15) is 139 Å². The van der Waals surface area contributed by atoms with Crippen molar-refractivity contribution in [3.63, 3.8) is 0 Å². The van der Waals surface area contributed by atoms with E-state index in [9.17, 15) is 0 Å². The quantitative estimate of drug-likeness (QED) is 0.101. The van der Waals surface area contributed by atoms with E-state index in [1.807, 2.05) is 6.20 Å². The largest absolute Gasteiger partial charge is 0.369 e. The maximum Gasteiger partial charge on any atom is 0.0613 e. The van der Waals surface area contributed by atoms with Gasteiger partial charge in [-0.2, -0.15) is 0 Å². The Bertz CT molecular complexity index is 2200. The van der Waals surface area contributed by atoms with Crippen molar-refractivity contribution in [3.05, 3.63) is 123 Å². The van der Waals surface area contributed by atoms with Gasteiger partial charge in [0.05, 0.1) is 23.5 Å². The Kier molecular flexibility index (Phi) is 13.2. The van der Waals surface area contributed by atoms with E-state index in [4.69, 9.17) is 15.7 Å². The Labute approximate surface area is 383 Å². The number of nitrogens with zero attached hydrogens (tertiary/aromatic N) is 5. The van der Waals surface area contributed by atoms with Crippen LogP contribution >= 0.6 is 0 Å². The molecule has 5 N–H and O–H groups in total. The van der Waals surface area contributed by atoms with Crippen LogP contribution in [-0.2, 0) is 32.4 Å². The second-order valence-electron chi connectivity index (χ2n) is 21.1. The van der Waals surface area contributed by atoms with Crippen LogP contribution in [0.15, 0.2) is 73.1 Å². The van der Waals surface area contributed by atoms with Gasteiger partial charge in [-0.15, -0.1) is 0 Å². The zero-order valence-electron chi connectivity index (χ0n) is 38.5. The topological polar surface area (TPSA) is 97.6 Å². The van der Waals surface area contributed by atoms with Crippen molar-refractivity contribution in [2.45, 2.75) is 133 Å². The number of nitrogens with two attached hydrogens (primary N) is 1. The smallest absolute Gasteiger partial charge is 0.0613 e. The summed E-state index contributed by atoms with van der Waals surface area (Å²) in [6.07, 6.45) is 21.7. The van der Waals surface area contributed by atoms with Gasteiger partial charge in [-0.3, -0.25) is 19.8 Å². The van der Waals surface area contributed by atoms with Gasteiger partial charge < -0.3 is 26.6 Å². The molecule has 1 unspecified atom stereocenters. The molecule has 4 aromatic rings. The van der Waals surface area contributed by atoms with Gasteiger partial charge in [0, 0.05) is 102 Å². The summed E-state index contributed by atoms with van der Waals surface area (Å²) >= 11 is 0. The normalized spacial score (nSPS) is 28.0. The van der Waals surface area contributed by atoms with E-state index in [1.165, 1.54) is 128 Å². The van der Waals surface area contributed by atoms with E-state index >= 15 is 0 Å². The third kappa shape index (κ3) is 9.32. The van der Waals surface area contributed by atoms with Crippen LogP contribution in [-0.4, -0.2) is 90.8 Å². The Morgan fingerprint density at radius 3 is 2.36 bits per heavy atom. The van der Waals surface area contributed by atoms with Crippen LogP contribution in [0, 0.1) is 17.8 Å². The second-order valence-corrected chi connectivity index (χ2v) is 21.1.